The minimum absolute atomic E-state index is 0.144. The van der Waals surface area contributed by atoms with Crippen LogP contribution in [0, 0.1) is 0 Å². The van der Waals surface area contributed by atoms with Gasteiger partial charge in [0, 0.05) is 25.2 Å². The van der Waals surface area contributed by atoms with Crippen molar-refractivity contribution in [1.82, 2.24) is 9.91 Å². The number of nitrogens with one attached hydrogen (secondary N) is 1. The molecule has 2 saturated heterocycles. The molecule has 22 heavy (non-hydrogen) atoms. The molecule has 0 aromatic heterocycles. The van der Waals surface area contributed by atoms with Crippen molar-refractivity contribution in [3.8, 4) is 0 Å². The topological polar surface area (TPSA) is 18.5 Å². The molecule has 2 aliphatic heterocycles. The van der Waals surface area contributed by atoms with Crippen LogP contribution in [0.4, 0.5) is 18.9 Å². The lowest BCUT2D eigenvalue weighted by atomic mass is 10.2. The maximum Gasteiger partial charge on any atom is 0.418 e. The number of halogens is 3. The molecular formula is C16H22F3N3. The molecule has 3 rings (SSSR count). The number of hydrogen-bond donors (Lipinski definition) is 1. The molecule has 2 fully saturated rings. The number of benzene rings is 1. The molecule has 2 unspecified atom stereocenters. The van der Waals surface area contributed by atoms with Gasteiger partial charge in [-0.15, -0.1) is 0 Å². The summed E-state index contributed by atoms with van der Waals surface area (Å²) in [6, 6.07) is 6.71. The molecule has 6 heteroatoms. The summed E-state index contributed by atoms with van der Waals surface area (Å²) in [5, 5.41) is 1.92. The third kappa shape index (κ3) is 3.22. The van der Waals surface area contributed by atoms with Gasteiger partial charge in [-0.3, -0.25) is 4.90 Å². The van der Waals surface area contributed by atoms with Crippen LogP contribution in [-0.4, -0.2) is 41.6 Å². The Morgan fingerprint density at radius 1 is 1.14 bits per heavy atom. The zero-order valence-electron chi connectivity index (χ0n) is 12.7. The summed E-state index contributed by atoms with van der Waals surface area (Å²) >= 11 is 0. The van der Waals surface area contributed by atoms with Crippen LogP contribution in [0.15, 0.2) is 24.3 Å². The normalized spacial score (nSPS) is 27.5. The average Bonchev–Trinajstić information content (AvgIpc) is 3.07. The Morgan fingerprint density at radius 2 is 1.91 bits per heavy atom. The van der Waals surface area contributed by atoms with E-state index in [1.165, 1.54) is 25.0 Å². The van der Waals surface area contributed by atoms with Crippen molar-refractivity contribution in [1.29, 1.82) is 0 Å². The maximum absolute atomic E-state index is 13.0. The second-order valence-electron chi connectivity index (χ2n) is 6.27. The van der Waals surface area contributed by atoms with E-state index in [2.05, 4.69) is 17.2 Å². The smallest absolute Gasteiger partial charge is 0.318 e. The highest BCUT2D eigenvalue weighted by Crippen LogP contribution is 2.35. The number of para-hydroxylation sites is 1. The fourth-order valence-corrected chi connectivity index (χ4v) is 3.61. The van der Waals surface area contributed by atoms with Gasteiger partial charge >= 0.3 is 6.18 Å². The Kier molecular flexibility index (Phi) is 4.32. The third-order valence-corrected chi connectivity index (χ3v) is 4.75. The standard InChI is InChI=1S/C16H22F3N3/c1-12-5-4-9-22(12)13-8-10-21(11-13)20-15-7-3-2-6-14(15)16(17,18)19/h2-3,6-7,12-13,20H,4-5,8-11H2,1H3. The lowest BCUT2D eigenvalue weighted by Crippen LogP contribution is -2.40. The SMILES string of the molecule is CC1CCCN1C1CCN(Nc2ccccc2C(F)(F)F)C1. The second kappa shape index (κ2) is 6.08. The van der Waals surface area contributed by atoms with E-state index in [9.17, 15) is 13.2 Å². The second-order valence-corrected chi connectivity index (χ2v) is 6.27. The average molecular weight is 313 g/mol. The first-order chi connectivity index (χ1) is 10.4. The van der Waals surface area contributed by atoms with Gasteiger partial charge in [0.2, 0.25) is 0 Å². The van der Waals surface area contributed by atoms with E-state index in [1.807, 2.05) is 5.01 Å². The van der Waals surface area contributed by atoms with Crippen molar-refractivity contribution in [3.63, 3.8) is 0 Å². The van der Waals surface area contributed by atoms with Crippen molar-refractivity contribution in [2.75, 3.05) is 25.1 Å². The van der Waals surface area contributed by atoms with Gasteiger partial charge in [-0.25, -0.2) is 5.01 Å². The number of hydrazine groups is 1. The van der Waals surface area contributed by atoms with E-state index >= 15 is 0 Å². The quantitative estimate of drug-likeness (QED) is 0.920. The lowest BCUT2D eigenvalue weighted by Gasteiger charge is -2.28. The first kappa shape index (κ1) is 15.6. The van der Waals surface area contributed by atoms with Crippen molar-refractivity contribution in [2.24, 2.45) is 0 Å². The highest BCUT2D eigenvalue weighted by molar-refractivity contribution is 5.51. The molecule has 2 aliphatic rings. The van der Waals surface area contributed by atoms with Crippen molar-refractivity contribution < 1.29 is 13.2 Å². The van der Waals surface area contributed by atoms with Gasteiger partial charge in [-0.2, -0.15) is 13.2 Å². The zero-order valence-corrected chi connectivity index (χ0v) is 12.7. The Hall–Kier alpha value is -1.27. The zero-order chi connectivity index (χ0) is 15.7. The molecule has 0 aliphatic carbocycles. The van der Waals surface area contributed by atoms with E-state index in [4.69, 9.17) is 0 Å². The van der Waals surface area contributed by atoms with Crippen LogP contribution in [0.25, 0.3) is 0 Å². The molecule has 1 aromatic rings. The fraction of sp³-hybridized carbons (Fsp3) is 0.625. The summed E-state index contributed by atoms with van der Waals surface area (Å²) in [7, 11) is 0. The molecule has 0 bridgehead atoms. The summed E-state index contributed by atoms with van der Waals surface area (Å²) in [6.45, 7) is 4.90. The largest absolute Gasteiger partial charge is 0.418 e. The minimum atomic E-state index is -4.33. The van der Waals surface area contributed by atoms with Gasteiger partial charge in [0.25, 0.3) is 0 Å². The van der Waals surface area contributed by atoms with Gasteiger partial charge in [0.05, 0.1) is 11.3 Å². The molecule has 122 valence electrons. The fourth-order valence-electron chi connectivity index (χ4n) is 3.61. The van der Waals surface area contributed by atoms with Crippen LogP contribution < -0.4 is 5.43 Å². The number of likely N-dealkylation sites (tertiary alicyclic amines) is 1. The van der Waals surface area contributed by atoms with Crippen molar-refractivity contribution in [3.05, 3.63) is 29.8 Å². The van der Waals surface area contributed by atoms with Gasteiger partial charge in [0.1, 0.15) is 0 Å². The molecule has 1 N–H and O–H groups in total. The number of anilines is 1. The van der Waals surface area contributed by atoms with Crippen LogP contribution in [0.5, 0.6) is 0 Å². The molecule has 0 amide bonds. The van der Waals surface area contributed by atoms with E-state index in [0.29, 0.717) is 12.1 Å². The first-order valence-corrected chi connectivity index (χ1v) is 7.89. The summed E-state index contributed by atoms with van der Waals surface area (Å²) in [5.41, 5.74) is 2.51. The predicted octanol–water partition coefficient (Wildman–Crippen LogP) is 3.59. The van der Waals surface area contributed by atoms with Gasteiger partial charge in [-0.1, -0.05) is 12.1 Å². The molecule has 3 nitrogen and oxygen atoms in total. The maximum atomic E-state index is 13.0. The van der Waals surface area contributed by atoms with Crippen molar-refractivity contribution >= 4 is 5.69 Å². The van der Waals surface area contributed by atoms with E-state index < -0.39 is 11.7 Å². The molecule has 2 heterocycles. The Bertz CT molecular complexity index is 518. The minimum Gasteiger partial charge on any atom is -0.318 e. The number of nitrogens with zero attached hydrogens (tertiary/aromatic N) is 2. The van der Waals surface area contributed by atoms with Gasteiger partial charge < -0.3 is 5.43 Å². The van der Waals surface area contributed by atoms with Crippen LogP contribution in [0.3, 0.4) is 0 Å². The highest BCUT2D eigenvalue weighted by Gasteiger charge is 2.36. The molecular weight excluding hydrogens is 291 g/mol. The molecule has 0 spiro atoms. The molecule has 2 atom stereocenters. The van der Waals surface area contributed by atoms with Gasteiger partial charge in [0.15, 0.2) is 0 Å². The number of alkyl halides is 3. The third-order valence-electron chi connectivity index (χ3n) is 4.75. The molecule has 1 aromatic carbocycles. The van der Waals surface area contributed by atoms with E-state index in [0.717, 1.165) is 32.1 Å². The van der Waals surface area contributed by atoms with Crippen LogP contribution in [0.2, 0.25) is 0 Å². The van der Waals surface area contributed by atoms with Crippen molar-refractivity contribution in [2.45, 2.75) is 44.4 Å². The summed E-state index contributed by atoms with van der Waals surface area (Å²) < 4.78 is 39.1. The van der Waals surface area contributed by atoms with Crippen LogP contribution >= 0.6 is 0 Å². The van der Waals surface area contributed by atoms with Gasteiger partial charge in [-0.05, 0) is 44.9 Å². The van der Waals surface area contributed by atoms with Crippen LogP contribution in [0.1, 0.15) is 31.7 Å². The highest BCUT2D eigenvalue weighted by atomic mass is 19.4. The number of hydrogen-bond acceptors (Lipinski definition) is 3. The summed E-state index contributed by atoms with van der Waals surface area (Å²) in [4.78, 5) is 2.50. The monoisotopic (exact) mass is 313 g/mol. The van der Waals surface area contributed by atoms with E-state index in [-0.39, 0.29) is 5.69 Å². The number of rotatable bonds is 3. The Morgan fingerprint density at radius 3 is 2.59 bits per heavy atom. The molecule has 0 radical (unpaired) electrons. The van der Waals surface area contributed by atoms with Crippen LogP contribution in [-0.2, 0) is 6.18 Å². The predicted molar refractivity (Wildman–Crippen MR) is 80.4 cm³/mol. The first-order valence-electron chi connectivity index (χ1n) is 7.89. The molecule has 0 saturated carbocycles. The lowest BCUT2D eigenvalue weighted by molar-refractivity contribution is -0.137. The Labute approximate surface area is 129 Å². The Balaban J connectivity index is 1.66. The summed E-state index contributed by atoms with van der Waals surface area (Å²) in [6.07, 6.45) is -0.874. The summed E-state index contributed by atoms with van der Waals surface area (Å²) in [5.74, 6) is 0. The van der Waals surface area contributed by atoms with E-state index in [1.54, 1.807) is 6.07 Å².